The van der Waals surface area contributed by atoms with Crippen LogP contribution in [0.1, 0.15) is 0 Å². The molecule has 0 spiro atoms. The Labute approximate surface area is 87.4 Å². The van der Waals surface area contributed by atoms with Crippen molar-refractivity contribution in [1.82, 2.24) is 0 Å². The van der Waals surface area contributed by atoms with E-state index in [4.69, 9.17) is 5.84 Å². The third kappa shape index (κ3) is 1.15. The van der Waals surface area contributed by atoms with Crippen molar-refractivity contribution < 1.29 is 0 Å². The summed E-state index contributed by atoms with van der Waals surface area (Å²) >= 11 is 0. The van der Waals surface area contributed by atoms with Crippen LogP contribution in [0.15, 0.2) is 53.2 Å². The molecular formula is C13H10N2. The van der Waals surface area contributed by atoms with Gasteiger partial charge in [-0.2, -0.15) is 5.10 Å². The summed E-state index contributed by atoms with van der Waals surface area (Å²) in [5.41, 5.74) is 3.28. The molecule has 0 fully saturated rings. The molecule has 0 aliphatic heterocycles. The Morgan fingerprint density at radius 2 is 1.87 bits per heavy atom. The van der Waals surface area contributed by atoms with Gasteiger partial charge < -0.3 is 5.84 Å². The molecule has 3 rings (SSSR count). The highest BCUT2D eigenvalue weighted by Crippen LogP contribution is 2.19. The molecule has 2 nitrogen and oxygen atoms in total. The molecule has 0 amide bonds. The predicted molar refractivity (Wildman–Crippen MR) is 62.4 cm³/mol. The predicted octanol–water partition coefficient (Wildman–Crippen LogP) is 0.442. The third-order valence-corrected chi connectivity index (χ3v) is 2.75. The zero-order chi connectivity index (χ0) is 10.3. The Kier molecular flexibility index (Phi) is 1.62. The van der Waals surface area contributed by atoms with Crippen LogP contribution >= 0.6 is 0 Å². The number of benzene rings is 1. The standard InChI is InChI=1S/C13H10N2/c14-15-11-5-6-13-10(8-11)7-9-3-1-2-4-12(9)13/h1-8H,14H2. The molecule has 1 aromatic carbocycles. The first kappa shape index (κ1) is 8.24. The molecule has 0 unspecified atom stereocenters. The van der Waals surface area contributed by atoms with Gasteiger partial charge in [-0.15, -0.1) is 0 Å². The summed E-state index contributed by atoms with van der Waals surface area (Å²) in [4.78, 5) is 0. The molecule has 0 atom stereocenters. The maximum Gasteiger partial charge on any atom is 0.0833 e. The van der Waals surface area contributed by atoms with Gasteiger partial charge in [0, 0.05) is 0 Å². The zero-order valence-electron chi connectivity index (χ0n) is 8.14. The number of fused-ring (bicyclic) bond motifs is 2. The molecule has 2 aliphatic carbocycles. The lowest BCUT2D eigenvalue weighted by atomic mass is 10.0. The lowest BCUT2D eigenvalue weighted by Crippen LogP contribution is -2.21. The van der Waals surface area contributed by atoms with Crippen LogP contribution < -0.4 is 16.3 Å². The van der Waals surface area contributed by atoms with E-state index in [-0.39, 0.29) is 0 Å². The van der Waals surface area contributed by atoms with Crippen molar-refractivity contribution in [2.45, 2.75) is 0 Å². The van der Waals surface area contributed by atoms with Crippen LogP contribution in [-0.4, -0.2) is 5.71 Å². The van der Waals surface area contributed by atoms with E-state index in [1.807, 2.05) is 12.2 Å². The number of nitrogens with two attached hydrogens (primary N) is 1. The summed E-state index contributed by atoms with van der Waals surface area (Å²) in [5, 5.41) is 6.24. The molecule has 2 aliphatic rings. The van der Waals surface area contributed by atoms with Gasteiger partial charge in [-0.25, -0.2) is 0 Å². The summed E-state index contributed by atoms with van der Waals surface area (Å²) in [7, 11) is 0. The molecule has 0 saturated carbocycles. The highest BCUT2D eigenvalue weighted by Gasteiger charge is 2.12. The number of hydrazone groups is 1. The van der Waals surface area contributed by atoms with Crippen molar-refractivity contribution >= 4 is 17.4 Å². The first-order valence-electron chi connectivity index (χ1n) is 4.87. The van der Waals surface area contributed by atoms with Crippen LogP contribution in [0.3, 0.4) is 0 Å². The number of allylic oxidation sites excluding steroid dienone is 4. The second-order valence-corrected chi connectivity index (χ2v) is 3.63. The van der Waals surface area contributed by atoms with E-state index >= 15 is 0 Å². The Morgan fingerprint density at radius 3 is 2.73 bits per heavy atom. The average molecular weight is 194 g/mol. The van der Waals surface area contributed by atoms with Crippen LogP contribution in [0.4, 0.5) is 0 Å². The minimum Gasteiger partial charge on any atom is -0.323 e. The van der Waals surface area contributed by atoms with Gasteiger partial charge in [0.1, 0.15) is 0 Å². The van der Waals surface area contributed by atoms with E-state index < -0.39 is 0 Å². The maximum atomic E-state index is 5.26. The van der Waals surface area contributed by atoms with Crippen molar-refractivity contribution in [3.63, 3.8) is 0 Å². The SMILES string of the molecule is NN=C1C=CC2=c3ccccc3=CC2=C1. The van der Waals surface area contributed by atoms with Crippen molar-refractivity contribution in [1.29, 1.82) is 0 Å². The highest BCUT2D eigenvalue weighted by molar-refractivity contribution is 6.12. The van der Waals surface area contributed by atoms with Gasteiger partial charge in [-0.1, -0.05) is 30.3 Å². The molecule has 72 valence electrons. The Hall–Kier alpha value is -2.09. The van der Waals surface area contributed by atoms with Crippen LogP contribution in [0.5, 0.6) is 0 Å². The Morgan fingerprint density at radius 1 is 1.00 bits per heavy atom. The molecular weight excluding hydrogens is 184 g/mol. The fourth-order valence-electron chi connectivity index (χ4n) is 2.03. The van der Waals surface area contributed by atoms with Gasteiger partial charge in [0.25, 0.3) is 0 Å². The number of hydrogen-bond donors (Lipinski definition) is 1. The largest absolute Gasteiger partial charge is 0.323 e. The van der Waals surface area contributed by atoms with Crippen LogP contribution in [0.25, 0.3) is 11.6 Å². The molecule has 1 aromatic rings. The van der Waals surface area contributed by atoms with Gasteiger partial charge in [0.05, 0.1) is 5.71 Å². The van der Waals surface area contributed by atoms with Crippen LogP contribution in [-0.2, 0) is 0 Å². The smallest absolute Gasteiger partial charge is 0.0833 e. The third-order valence-electron chi connectivity index (χ3n) is 2.75. The van der Waals surface area contributed by atoms with E-state index in [2.05, 4.69) is 41.5 Å². The summed E-state index contributed by atoms with van der Waals surface area (Å²) in [6.07, 6.45) is 8.19. The van der Waals surface area contributed by atoms with E-state index in [1.54, 1.807) is 0 Å². The van der Waals surface area contributed by atoms with Gasteiger partial charge in [0.2, 0.25) is 0 Å². The Bertz CT molecular complexity index is 631. The van der Waals surface area contributed by atoms with E-state index in [0.717, 1.165) is 5.71 Å². The molecule has 2 N–H and O–H groups in total. The minimum atomic E-state index is 0.817. The summed E-state index contributed by atoms with van der Waals surface area (Å²) in [6.45, 7) is 0. The summed E-state index contributed by atoms with van der Waals surface area (Å²) in [5.74, 6) is 5.26. The monoisotopic (exact) mass is 194 g/mol. The second-order valence-electron chi connectivity index (χ2n) is 3.63. The molecule has 0 aromatic heterocycles. The van der Waals surface area contributed by atoms with Gasteiger partial charge in [0.15, 0.2) is 0 Å². The molecule has 15 heavy (non-hydrogen) atoms. The molecule has 0 saturated heterocycles. The number of hydrogen-bond acceptors (Lipinski definition) is 2. The molecule has 0 bridgehead atoms. The normalized spacial score (nSPS) is 19.6. The van der Waals surface area contributed by atoms with Crippen molar-refractivity contribution in [3.05, 3.63) is 58.5 Å². The number of rotatable bonds is 0. The first-order chi connectivity index (χ1) is 7.38. The van der Waals surface area contributed by atoms with Crippen molar-refractivity contribution in [2.75, 3.05) is 0 Å². The minimum absolute atomic E-state index is 0.817. The lowest BCUT2D eigenvalue weighted by molar-refractivity contribution is 1.25. The first-order valence-corrected chi connectivity index (χ1v) is 4.87. The second kappa shape index (κ2) is 2.95. The number of nitrogens with zero attached hydrogens (tertiary/aromatic N) is 1. The fraction of sp³-hybridized carbons (Fsp3) is 0. The average Bonchev–Trinajstić information content (AvgIpc) is 2.66. The van der Waals surface area contributed by atoms with Gasteiger partial charge in [-0.3, -0.25) is 0 Å². The van der Waals surface area contributed by atoms with Crippen molar-refractivity contribution in [3.8, 4) is 0 Å². The molecule has 0 radical (unpaired) electrons. The Balaban J connectivity index is 2.36. The van der Waals surface area contributed by atoms with Crippen LogP contribution in [0, 0.1) is 0 Å². The van der Waals surface area contributed by atoms with Crippen molar-refractivity contribution in [2.24, 2.45) is 10.9 Å². The van der Waals surface area contributed by atoms with Gasteiger partial charge in [-0.05, 0) is 39.8 Å². The fourth-order valence-corrected chi connectivity index (χ4v) is 2.03. The summed E-state index contributed by atoms with van der Waals surface area (Å²) < 4.78 is 0. The van der Waals surface area contributed by atoms with Gasteiger partial charge >= 0.3 is 0 Å². The van der Waals surface area contributed by atoms with E-state index in [1.165, 1.54) is 21.6 Å². The summed E-state index contributed by atoms with van der Waals surface area (Å²) in [6, 6.07) is 8.37. The lowest BCUT2D eigenvalue weighted by Gasteiger charge is -2.05. The van der Waals surface area contributed by atoms with Crippen LogP contribution in [0.2, 0.25) is 0 Å². The highest BCUT2D eigenvalue weighted by atomic mass is 15.1. The zero-order valence-corrected chi connectivity index (χ0v) is 8.14. The van der Waals surface area contributed by atoms with E-state index in [0.29, 0.717) is 0 Å². The maximum absolute atomic E-state index is 5.26. The molecule has 0 heterocycles. The molecule has 2 heteroatoms. The topological polar surface area (TPSA) is 38.4 Å². The quantitative estimate of drug-likeness (QED) is 0.472. The van der Waals surface area contributed by atoms with E-state index in [9.17, 15) is 0 Å².